The maximum atomic E-state index is 13.5. The van der Waals surface area contributed by atoms with Crippen molar-refractivity contribution < 1.29 is 9.18 Å². The molecule has 5 heteroatoms. The minimum Gasteiger partial charge on any atom is -0.338 e. The standard InChI is InChI=1S/C13H18FN3O/c1-8-6-17(7-9(8)2)13(18)10-4-3-5-11(14)12(10)16-15/h3-5,8-9,16H,6-7,15H2,1-2H3. The lowest BCUT2D eigenvalue weighted by molar-refractivity contribution is 0.0785. The zero-order chi connectivity index (χ0) is 13.3. The topological polar surface area (TPSA) is 58.4 Å². The van der Waals surface area contributed by atoms with E-state index in [-0.39, 0.29) is 11.6 Å². The molecule has 1 heterocycles. The van der Waals surface area contributed by atoms with Gasteiger partial charge in [0.05, 0.1) is 11.3 Å². The van der Waals surface area contributed by atoms with Crippen molar-refractivity contribution in [1.82, 2.24) is 4.90 Å². The Hall–Kier alpha value is -1.62. The van der Waals surface area contributed by atoms with Gasteiger partial charge in [0, 0.05) is 13.1 Å². The molecule has 0 saturated carbocycles. The number of rotatable bonds is 2. The molecule has 0 bridgehead atoms. The van der Waals surface area contributed by atoms with E-state index in [1.807, 2.05) is 0 Å². The number of hydrogen-bond donors (Lipinski definition) is 2. The molecule has 0 aromatic heterocycles. The van der Waals surface area contributed by atoms with Crippen LogP contribution in [0.3, 0.4) is 0 Å². The van der Waals surface area contributed by atoms with Gasteiger partial charge in [-0.05, 0) is 24.0 Å². The van der Waals surface area contributed by atoms with E-state index in [0.29, 0.717) is 30.5 Å². The summed E-state index contributed by atoms with van der Waals surface area (Å²) in [5.41, 5.74) is 2.62. The normalized spacial score (nSPS) is 23.2. The first-order valence-electron chi connectivity index (χ1n) is 6.09. The molecule has 0 aliphatic carbocycles. The van der Waals surface area contributed by atoms with E-state index in [9.17, 15) is 9.18 Å². The Kier molecular flexibility index (Phi) is 3.52. The molecule has 1 aliphatic heterocycles. The fourth-order valence-electron chi connectivity index (χ4n) is 2.31. The van der Waals surface area contributed by atoms with Crippen molar-refractivity contribution in [2.75, 3.05) is 18.5 Å². The summed E-state index contributed by atoms with van der Waals surface area (Å²) in [4.78, 5) is 14.1. The van der Waals surface area contributed by atoms with Gasteiger partial charge in [0.25, 0.3) is 5.91 Å². The molecule has 3 N–H and O–H groups in total. The summed E-state index contributed by atoms with van der Waals surface area (Å²) in [7, 11) is 0. The van der Waals surface area contributed by atoms with Crippen LogP contribution in [0.15, 0.2) is 18.2 Å². The number of carbonyl (C=O) groups excluding carboxylic acids is 1. The predicted octanol–water partition coefficient (Wildman–Crippen LogP) is 1.84. The predicted molar refractivity (Wildman–Crippen MR) is 68.4 cm³/mol. The number of likely N-dealkylation sites (tertiary alicyclic amines) is 1. The number of nitrogens with zero attached hydrogens (tertiary/aromatic N) is 1. The molecule has 18 heavy (non-hydrogen) atoms. The molecule has 1 aromatic rings. The van der Waals surface area contributed by atoms with Crippen molar-refractivity contribution in [3.63, 3.8) is 0 Å². The lowest BCUT2D eigenvalue weighted by Crippen LogP contribution is -2.30. The molecule has 1 fully saturated rings. The second-order valence-electron chi connectivity index (χ2n) is 4.97. The van der Waals surface area contributed by atoms with Gasteiger partial charge in [-0.1, -0.05) is 19.9 Å². The summed E-state index contributed by atoms with van der Waals surface area (Å²) in [6.07, 6.45) is 0. The third kappa shape index (κ3) is 2.18. The van der Waals surface area contributed by atoms with Gasteiger partial charge in [0.15, 0.2) is 0 Å². The van der Waals surface area contributed by atoms with Gasteiger partial charge in [0.1, 0.15) is 5.82 Å². The average molecular weight is 251 g/mol. The molecule has 2 atom stereocenters. The summed E-state index contributed by atoms with van der Waals surface area (Å²) in [5.74, 6) is 5.54. The van der Waals surface area contributed by atoms with Crippen LogP contribution >= 0.6 is 0 Å². The minimum atomic E-state index is -0.511. The molecular weight excluding hydrogens is 233 g/mol. The monoisotopic (exact) mass is 251 g/mol. The molecule has 0 spiro atoms. The number of nitrogens with two attached hydrogens (primary N) is 1. The van der Waals surface area contributed by atoms with Crippen LogP contribution in [0.2, 0.25) is 0 Å². The van der Waals surface area contributed by atoms with Crippen molar-refractivity contribution >= 4 is 11.6 Å². The van der Waals surface area contributed by atoms with Gasteiger partial charge in [-0.15, -0.1) is 0 Å². The van der Waals surface area contributed by atoms with Gasteiger partial charge < -0.3 is 10.3 Å². The quantitative estimate of drug-likeness (QED) is 0.623. The van der Waals surface area contributed by atoms with Crippen LogP contribution in [0, 0.1) is 17.7 Å². The van der Waals surface area contributed by atoms with Crippen LogP contribution in [-0.4, -0.2) is 23.9 Å². The highest BCUT2D eigenvalue weighted by Crippen LogP contribution is 2.26. The zero-order valence-corrected chi connectivity index (χ0v) is 10.6. The molecule has 2 rings (SSSR count). The smallest absolute Gasteiger partial charge is 0.256 e. The molecule has 1 aliphatic rings. The Morgan fingerprint density at radius 3 is 2.56 bits per heavy atom. The second kappa shape index (κ2) is 4.94. The summed E-state index contributed by atoms with van der Waals surface area (Å²) < 4.78 is 13.5. The average Bonchev–Trinajstić information content (AvgIpc) is 2.68. The number of hydrogen-bond acceptors (Lipinski definition) is 3. The molecule has 2 unspecified atom stereocenters. The number of carbonyl (C=O) groups is 1. The van der Waals surface area contributed by atoms with E-state index in [1.165, 1.54) is 12.1 Å². The third-order valence-corrected chi connectivity index (χ3v) is 3.66. The van der Waals surface area contributed by atoms with Crippen molar-refractivity contribution in [2.24, 2.45) is 17.7 Å². The van der Waals surface area contributed by atoms with Crippen LogP contribution in [0.25, 0.3) is 0 Å². The maximum absolute atomic E-state index is 13.5. The van der Waals surface area contributed by atoms with E-state index in [0.717, 1.165) is 0 Å². The molecular formula is C13H18FN3O. The Morgan fingerprint density at radius 2 is 2.00 bits per heavy atom. The molecule has 0 radical (unpaired) electrons. The number of anilines is 1. The molecule has 1 amide bonds. The molecule has 98 valence electrons. The van der Waals surface area contributed by atoms with Crippen molar-refractivity contribution in [3.8, 4) is 0 Å². The second-order valence-corrected chi connectivity index (χ2v) is 4.97. The minimum absolute atomic E-state index is 0.0645. The fourth-order valence-corrected chi connectivity index (χ4v) is 2.31. The number of nitrogens with one attached hydrogen (secondary N) is 1. The first-order valence-corrected chi connectivity index (χ1v) is 6.09. The first kappa shape index (κ1) is 12.8. The first-order chi connectivity index (χ1) is 8.54. The number of amides is 1. The number of halogens is 1. The summed E-state index contributed by atoms with van der Waals surface area (Å²) >= 11 is 0. The fraction of sp³-hybridized carbons (Fsp3) is 0.462. The van der Waals surface area contributed by atoms with E-state index >= 15 is 0 Å². The van der Waals surface area contributed by atoms with Gasteiger partial charge in [0.2, 0.25) is 0 Å². The lowest BCUT2D eigenvalue weighted by atomic mass is 10.0. The summed E-state index contributed by atoms with van der Waals surface area (Å²) in [6.45, 7) is 5.65. The van der Waals surface area contributed by atoms with Gasteiger partial charge in [-0.2, -0.15) is 0 Å². The maximum Gasteiger partial charge on any atom is 0.256 e. The van der Waals surface area contributed by atoms with Crippen molar-refractivity contribution in [3.05, 3.63) is 29.6 Å². The van der Waals surface area contributed by atoms with Gasteiger partial charge in [-0.25, -0.2) is 4.39 Å². The zero-order valence-electron chi connectivity index (χ0n) is 10.6. The van der Waals surface area contributed by atoms with Crippen LogP contribution in [0.4, 0.5) is 10.1 Å². The largest absolute Gasteiger partial charge is 0.338 e. The number of benzene rings is 1. The summed E-state index contributed by atoms with van der Waals surface area (Å²) in [6, 6.07) is 4.39. The lowest BCUT2D eigenvalue weighted by Gasteiger charge is -2.18. The van der Waals surface area contributed by atoms with Crippen LogP contribution in [-0.2, 0) is 0 Å². The third-order valence-electron chi connectivity index (χ3n) is 3.66. The van der Waals surface area contributed by atoms with Crippen molar-refractivity contribution in [2.45, 2.75) is 13.8 Å². The highest BCUT2D eigenvalue weighted by Gasteiger charge is 2.31. The van der Waals surface area contributed by atoms with Crippen molar-refractivity contribution in [1.29, 1.82) is 0 Å². The Labute approximate surface area is 106 Å². The van der Waals surface area contributed by atoms with Crippen LogP contribution < -0.4 is 11.3 Å². The summed E-state index contributed by atoms with van der Waals surface area (Å²) in [5, 5.41) is 0. The Balaban J connectivity index is 2.27. The molecule has 1 saturated heterocycles. The van der Waals surface area contributed by atoms with E-state index in [1.54, 1.807) is 11.0 Å². The van der Waals surface area contributed by atoms with E-state index in [2.05, 4.69) is 19.3 Å². The Morgan fingerprint density at radius 1 is 1.39 bits per heavy atom. The van der Waals surface area contributed by atoms with Gasteiger partial charge in [-0.3, -0.25) is 10.6 Å². The highest BCUT2D eigenvalue weighted by atomic mass is 19.1. The van der Waals surface area contributed by atoms with E-state index < -0.39 is 5.82 Å². The van der Waals surface area contributed by atoms with Crippen LogP contribution in [0.1, 0.15) is 24.2 Å². The molecule has 1 aromatic carbocycles. The SMILES string of the molecule is CC1CN(C(=O)c2cccc(F)c2NN)CC1C. The highest BCUT2D eigenvalue weighted by molar-refractivity contribution is 5.99. The Bertz CT molecular complexity index is 454. The number of nitrogen functional groups attached to an aromatic ring is 1. The van der Waals surface area contributed by atoms with Gasteiger partial charge >= 0.3 is 0 Å². The number of hydrazine groups is 1. The number of para-hydroxylation sites is 1. The van der Waals surface area contributed by atoms with Crippen LogP contribution in [0.5, 0.6) is 0 Å². The van der Waals surface area contributed by atoms with E-state index in [4.69, 9.17) is 5.84 Å². The molecule has 4 nitrogen and oxygen atoms in total.